The number of aliphatic hydroxyl groups is 1. The van der Waals surface area contributed by atoms with Crippen molar-refractivity contribution in [3.8, 4) is 0 Å². The van der Waals surface area contributed by atoms with Gasteiger partial charge in [0.25, 0.3) is 0 Å². The standard InChI is InChI=1S/C13H22N2O/c1-5-13(16,6-2)11-10(9(3)4)7-8-15-12(11)14/h7-9,16H,5-6H2,1-4H3,(H2,14,15). The highest BCUT2D eigenvalue weighted by atomic mass is 16.3. The van der Waals surface area contributed by atoms with E-state index in [1.54, 1.807) is 6.20 Å². The second kappa shape index (κ2) is 4.83. The molecule has 1 heterocycles. The second-order valence-electron chi connectivity index (χ2n) is 4.55. The molecule has 1 aromatic heterocycles. The van der Waals surface area contributed by atoms with E-state index in [4.69, 9.17) is 5.73 Å². The maximum atomic E-state index is 10.6. The molecule has 0 aliphatic carbocycles. The normalized spacial score (nSPS) is 12.1. The lowest BCUT2D eigenvalue weighted by Crippen LogP contribution is -2.27. The summed E-state index contributed by atoms with van der Waals surface area (Å²) in [6, 6.07) is 1.95. The summed E-state index contributed by atoms with van der Waals surface area (Å²) in [5, 5.41) is 10.6. The van der Waals surface area contributed by atoms with Crippen molar-refractivity contribution in [1.82, 2.24) is 4.98 Å². The zero-order valence-corrected chi connectivity index (χ0v) is 10.6. The van der Waals surface area contributed by atoms with Crippen LogP contribution in [0.3, 0.4) is 0 Å². The third-order valence-corrected chi connectivity index (χ3v) is 3.27. The lowest BCUT2D eigenvalue weighted by molar-refractivity contribution is 0.0278. The van der Waals surface area contributed by atoms with Crippen molar-refractivity contribution in [3.05, 3.63) is 23.4 Å². The molecule has 0 aromatic carbocycles. The summed E-state index contributed by atoms with van der Waals surface area (Å²) in [6.07, 6.45) is 3.01. The molecular formula is C13H22N2O. The molecule has 0 saturated carbocycles. The van der Waals surface area contributed by atoms with Crippen LogP contribution in [0.5, 0.6) is 0 Å². The summed E-state index contributed by atoms with van der Waals surface area (Å²) in [6.45, 7) is 8.15. The topological polar surface area (TPSA) is 59.1 Å². The van der Waals surface area contributed by atoms with E-state index in [1.807, 2.05) is 19.9 Å². The number of nitrogens with zero attached hydrogens (tertiary/aromatic N) is 1. The van der Waals surface area contributed by atoms with Gasteiger partial charge in [0.05, 0.1) is 5.60 Å². The monoisotopic (exact) mass is 222 g/mol. The van der Waals surface area contributed by atoms with Crippen LogP contribution in [0.2, 0.25) is 0 Å². The fourth-order valence-electron chi connectivity index (χ4n) is 2.09. The molecule has 0 saturated heterocycles. The molecule has 0 bridgehead atoms. The molecule has 0 unspecified atom stereocenters. The Morgan fingerprint density at radius 3 is 2.38 bits per heavy atom. The SMILES string of the molecule is CCC(O)(CC)c1c(C(C)C)ccnc1N. The van der Waals surface area contributed by atoms with Crippen LogP contribution in [0.15, 0.2) is 12.3 Å². The van der Waals surface area contributed by atoms with Gasteiger partial charge in [-0.25, -0.2) is 4.98 Å². The van der Waals surface area contributed by atoms with Crippen molar-refractivity contribution in [2.75, 3.05) is 5.73 Å². The first-order chi connectivity index (χ1) is 7.46. The summed E-state index contributed by atoms with van der Waals surface area (Å²) in [5.74, 6) is 0.794. The van der Waals surface area contributed by atoms with Gasteiger partial charge in [0.1, 0.15) is 5.82 Å². The van der Waals surface area contributed by atoms with Crippen LogP contribution in [-0.4, -0.2) is 10.1 Å². The maximum absolute atomic E-state index is 10.6. The number of rotatable bonds is 4. The minimum atomic E-state index is -0.849. The van der Waals surface area contributed by atoms with E-state index < -0.39 is 5.60 Å². The Balaban J connectivity index is 3.40. The van der Waals surface area contributed by atoms with Crippen LogP contribution in [0.1, 0.15) is 57.6 Å². The van der Waals surface area contributed by atoms with E-state index >= 15 is 0 Å². The Kier molecular flexibility index (Phi) is 3.92. The molecule has 1 aromatic rings. The molecule has 1 rings (SSSR count). The van der Waals surface area contributed by atoms with E-state index in [9.17, 15) is 5.11 Å². The number of aromatic nitrogens is 1. The Morgan fingerprint density at radius 2 is 1.94 bits per heavy atom. The molecule has 0 fully saturated rings. The van der Waals surface area contributed by atoms with E-state index in [0.717, 1.165) is 11.1 Å². The first kappa shape index (κ1) is 13.0. The van der Waals surface area contributed by atoms with Crippen LogP contribution in [0, 0.1) is 0 Å². The Morgan fingerprint density at radius 1 is 1.38 bits per heavy atom. The van der Waals surface area contributed by atoms with Crippen LogP contribution >= 0.6 is 0 Å². The van der Waals surface area contributed by atoms with E-state index in [2.05, 4.69) is 18.8 Å². The van der Waals surface area contributed by atoms with E-state index in [1.165, 1.54) is 0 Å². The molecule has 16 heavy (non-hydrogen) atoms. The molecule has 0 spiro atoms. The minimum Gasteiger partial charge on any atom is -0.385 e. The molecule has 0 aliphatic rings. The summed E-state index contributed by atoms with van der Waals surface area (Å²) in [5.41, 5.74) is 6.99. The molecular weight excluding hydrogens is 200 g/mol. The van der Waals surface area contributed by atoms with Crippen molar-refractivity contribution in [2.24, 2.45) is 0 Å². The van der Waals surface area contributed by atoms with Crippen molar-refractivity contribution in [1.29, 1.82) is 0 Å². The third kappa shape index (κ3) is 2.19. The molecule has 3 N–H and O–H groups in total. The lowest BCUT2D eigenvalue weighted by Gasteiger charge is -2.30. The number of hydrogen-bond donors (Lipinski definition) is 2. The first-order valence-corrected chi connectivity index (χ1v) is 5.93. The Labute approximate surface area is 97.7 Å². The van der Waals surface area contributed by atoms with Gasteiger partial charge in [-0.1, -0.05) is 27.7 Å². The highest BCUT2D eigenvalue weighted by Gasteiger charge is 2.31. The average molecular weight is 222 g/mol. The second-order valence-corrected chi connectivity index (χ2v) is 4.55. The van der Waals surface area contributed by atoms with Gasteiger partial charge in [0.2, 0.25) is 0 Å². The predicted octanol–water partition coefficient (Wildman–Crippen LogP) is 2.79. The molecule has 3 nitrogen and oxygen atoms in total. The zero-order valence-electron chi connectivity index (χ0n) is 10.6. The van der Waals surface area contributed by atoms with Gasteiger partial charge in [-0.05, 0) is 30.4 Å². The molecule has 0 amide bonds. The average Bonchev–Trinajstić information content (AvgIpc) is 2.27. The largest absolute Gasteiger partial charge is 0.385 e. The summed E-state index contributed by atoms with van der Waals surface area (Å²) in [7, 11) is 0. The highest BCUT2D eigenvalue weighted by molar-refractivity contribution is 5.49. The van der Waals surface area contributed by atoms with Gasteiger partial charge >= 0.3 is 0 Å². The van der Waals surface area contributed by atoms with Gasteiger partial charge < -0.3 is 10.8 Å². The third-order valence-electron chi connectivity index (χ3n) is 3.27. The quantitative estimate of drug-likeness (QED) is 0.823. The van der Waals surface area contributed by atoms with Gasteiger partial charge in [0.15, 0.2) is 0 Å². The van der Waals surface area contributed by atoms with Crippen molar-refractivity contribution in [3.63, 3.8) is 0 Å². The summed E-state index contributed by atoms with van der Waals surface area (Å²) < 4.78 is 0. The lowest BCUT2D eigenvalue weighted by atomic mass is 9.83. The number of nitrogens with two attached hydrogens (primary N) is 1. The van der Waals surface area contributed by atoms with Crippen molar-refractivity contribution in [2.45, 2.75) is 52.1 Å². The molecule has 0 aliphatic heterocycles. The fraction of sp³-hybridized carbons (Fsp3) is 0.615. The zero-order chi connectivity index (χ0) is 12.3. The van der Waals surface area contributed by atoms with Gasteiger partial charge in [-0.3, -0.25) is 0 Å². The number of anilines is 1. The van der Waals surface area contributed by atoms with Crippen LogP contribution in [-0.2, 0) is 5.60 Å². The first-order valence-electron chi connectivity index (χ1n) is 5.93. The molecule has 3 heteroatoms. The van der Waals surface area contributed by atoms with Crippen molar-refractivity contribution >= 4 is 5.82 Å². The maximum Gasteiger partial charge on any atom is 0.129 e. The smallest absolute Gasteiger partial charge is 0.129 e. The number of pyridine rings is 1. The summed E-state index contributed by atoms with van der Waals surface area (Å²) in [4.78, 5) is 4.10. The highest BCUT2D eigenvalue weighted by Crippen LogP contribution is 2.36. The van der Waals surface area contributed by atoms with Crippen molar-refractivity contribution < 1.29 is 5.11 Å². The van der Waals surface area contributed by atoms with Gasteiger partial charge in [-0.15, -0.1) is 0 Å². The van der Waals surface area contributed by atoms with Gasteiger partial charge in [0, 0.05) is 11.8 Å². The Bertz CT molecular complexity index is 357. The predicted molar refractivity (Wildman–Crippen MR) is 67.2 cm³/mol. The van der Waals surface area contributed by atoms with E-state index in [-0.39, 0.29) is 0 Å². The number of nitrogen functional groups attached to an aromatic ring is 1. The molecule has 90 valence electrons. The molecule has 0 radical (unpaired) electrons. The van der Waals surface area contributed by atoms with E-state index in [0.29, 0.717) is 24.6 Å². The minimum absolute atomic E-state index is 0.338. The van der Waals surface area contributed by atoms with Crippen LogP contribution < -0.4 is 5.73 Å². The molecule has 0 atom stereocenters. The number of hydrogen-bond acceptors (Lipinski definition) is 3. The summed E-state index contributed by atoms with van der Waals surface area (Å²) >= 11 is 0. The van der Waals surface area contributed by atoms with Crippen LogP contribution in [0.4, 0.5) is 5.82 Å². The van der Waals surface area contributed by atoms with Gasteiger partial charge in [-0.2, -0.15) is 0 Å². The van der Waals surface area contributed by atoms with Crippen LogP contribution in [0.25, 0.3) is 0 Å². The fourth-order valence-corrected chi connectivity index (χ4v) is 2.09. The Hall–Kier alpha value is -1.09.